The van der Waals surface area contributed by atoms with Crippen molar-refractivity contribution in [1.82, 2.24) is 0 Å². The Morgan fingerprint density at radius 1 is 0.750 bits per heavy atom. The van der Waals surface area contributed by atoms with Crippen molar-refractivity contribution >= 4 is 25.2 Å². The average Bonchev–Trinajstić information content (AvgIpc) is 2.25. The molecule has 0 amide bonds. The molecule has 0 saturated carbocycles. The number of rotatable bonds is 7. The minimum Gasteiger partial charge on any atom is -0.497 e. The van der Waals surface area contributed by atoms with Crippen LogP contribution in [-0.4, -0.2) is 23.7 Å². The molecule has 7 heteroatoms. The smallest absolute Gasteiger partial charge is 0.375 e. The van der Waals surface area contributed by atoms with Gasteiger partial charge in [-0.25, -0.2) is 0 Å². The third-order valence-corrected chi connectivity index (χ3v) is 7.87. The highest BCUT2D eigenvalue weighted by Gasteiger charge is 2.30. The van der Waals surface area contributed by atoms with Crippen molar-refractivity contribution in [3.05, 3.63) is 24.3 Å². The normalized spacial score (nSPS) is 12.6. The first kappa shape index (κ1) is 17.7. The Kier molecular flexibility index (Phi) is 6.22. The van der Waals surface area contributed by atoms with E-state index in [0.717, 1.165) is 11.5 Å². The number of ether oxygens (including phenoxy) is 1. The Morgan fingerprint density at radius 3 is 1.50 bits per heavy atom. The van der Waals surface area contributed by atoms with Crippen LogP contribution in [0, 0.1) is 0 Å². The fourth-order valence-electron chi connectivity index (χ4n) is 1.23. The van der Waals surface area contributed by atoms with Gasteiger partial charge in [0.2, 0.25) is 0 Å². The monoisotopic (exact) mass is 332 g/mol. The van der Waals surface area contributed by atoms with Crippen molar-refractivity contribution in [2.24, 2.45) is 0 Å². The van der Waals surface area contributed by atoms with Crippen molar-refractivity contribution in [3.8, 4) is 11.5 Å². The van der Waals surface area contributed by atoms with Gasteiger partial charge in [0.25, 0.3) is 0 Å². The molecule has 1 aromatic rings. The first-order valence-electron chi connectivity index (χ1n) is 6.59. The number of benzene rings is 1. The van der Waals surface area contributed by atoms with E-state index in [0.29, 0.717) is 0 Å². The molecule has 0 saturated heterocycles. The first-order valence-corrected chi connectivity index (χ1v) is 14.5. The van der Waals surface area contributed by atoms with Crippen LogP contribution >= 0.6 is 8.60 Å². The summed E-state index contributed by atoms with van der Waals surface area (Å²) in [5.41, 5.74) is 0. The predicted molar refractivity (Wildman–Crippen MR) is 89.4 cm³/mol. The third-order valence-electron chi connectivity index (χ3n) is 1.94. The van der Waals surface area contributed by atoms with Gasteiger partial charge in [-0.1, -0.05) is 0 Å². The summed E-state index contributed by atoms with van der Waals surface area (Å²) in [6, 6.07) is 7.47. The van der Waals surface area contributed by atoms with Gasteiger partial charge < -0.3 is 17.7 Å². The molecule has 1 rings (SSSR count). The summed E-state index contributed by atoms with van der Waals surface area (Å²) in [5.74, 6) is 1.55. The van der Waals surface area contributed by atoms with Gasteiger partial charge in [0.1, 0.15) is 11.5 Å². The Bertz CT molecular complexity index is 396. The van der Waals surface area contributed by atoms with E-state index in [2.05, 4.69) is 39.3 Å². The highest BCUT2D eigenvalue weighted by atomic mass is 31.2. The van der Waals surface area contributed by atoms with Gasteiger partial charge in [0, 0.05) is 0 Å². The van der Waals surface area contributed by atoms with E-state index in [1.54, 1.807) is 7.11 Å². The number of methoxy groups -OCH3 is 1. The number of hydrogen-bond donors (Lipinski definition) is 0. The zero-order valence-electron chi connectivity index (χ0n) is 13.4. The van der Waals surface area contributed by atoms with Crippen LogP contribution in [-0.2, 0) is 8.43 Å². The van der Waals surface area contributed by atoms with E-state index in [-0.39, 0.29) is 0 Å². The van der Waals surface area contributed by atoms with Gasteiger partial charge in [0.05, 0.1) is 7.11 Å². The van der Waals surface area contributed by atoms with Crippen LogP contribution in [0.2, 0.25) is 39.3 Å². The molecule has 0 aromatic heterocycles. The Morgan fingerprint density at radius 2 is 1.15 bits per heavy atom. The van der Waals surface area contributed by atoms with Crippen molar-refractivity contribution < 1.29 is 17.7 Å². The Hall–Kier alpha value is -0.396. The standard InChI is InChI=1S/C13H25O4PSi2/c1-14-12-8-10-13(11-9-12)15-18(16-19(2,3)4)17-20(5,6)7/h8-11H,1-7H3. The second-order valence-corrected chi connectivity index (χ2v) is 16.9. The van der Waals surface area contributed by atoms with E-state index in [1.807, 2.05) is 24.3 Å². The van der Waals surface area contributed by atoms with Crippen LogP contribution in [0.25, 0.3) is 0 Å². The quantitative estimate of drug-likeness (QED) is 0.520. The lowest BCUT2D eigenvalue weighted by molar-refractivity contribution is 0.383. The summed E-state index contributed by atoms with van der Waals surface area (Å²) in [6.07, 6.45) is 0. The van der Waals surface area contributed by atoms with Crippen molar-refractivity contribution in [2.45, 2.75) is 39.3 Å². The molecule has 4 nitrogen and oxygen atoms in total. The lowest BCUT2D eigenvalue weighted by Gasteiger charge is -2.29. The second-order valence-electron chi connectivity index (χ2n) is 6.40. The molecule has 0 bridgehead atoms. The van der Waals surface area contributed by atoms with Gasteiger partial charge in [0.15, 0.2) is 16.6 Å². The molecular formula is C13H25O4PSi2. The predicted octanol–water partition coefficient (Wildman–Crippen LogP) is 5.00. The van der Waals surface area contributed by atoms with Gasteiger partial charge in [-0.3, -0.25) is 0 Å². The van der Waals surface area contributed by atoms with Crippen LogP contribution in [0.3, 0.4) is 0 Å². The van der Waals surface area contributed by atoms with Crippen LogP contribution in [0.4, 0.5) is 0 Å². The van der Waals surface area contributed by atoms with Crippen molar-refractivity contribution in [3.63, 3.8) is 0 Å². The molecule has 0 N–H and O–H groups in total. The molecule has 1 aromatic carbocycles. The maximum absolute atomic E-state index is 6.04. The summed E-state index contributed by atoms with van der Waals surface area (Å²) in [4.78, 5) is 0. The molecule has 0 aliphatic heterocycles. The van der Waals surface area contributed by atoms with E-state index >= 15 is 0 Å². The van der Waals surface area contributed by atoms with E-state index < -0.39 is 25.2 Å². The fraction of sp³-hybridized carbons (Fsp3) is 0.538. The summed E-state index contributed by atoms with van der Waals surface area (Å²) in [6.45, 7) is 12.8. The molecule has 0 aliphatic carbocycles. The summed E-state index contributed by atoms with van der Waals surface area (Å²) in [7, 11) is -3.13. The minimum absolute atomic E-state index is 0.744. The summed E-state index contributed by atoms with van der Waals surface area (Å²) >= 11 is 0. The van der Waals surface area contributed by atoms with Crippen LogP contribution in [0.15, 0.2) is 24.3 Å². The largest absolute Gasteiger partial charge is 0.497 e. The second kappa shape index (κ2) is 7.05. The molecule has 0 fully saturated rings. The SMILES string of the molecule is COc1ccc(OP(O[Si](C)(C)C)O[Si](C)(C)C)cc1. The minimum atomic E-state index is -1.72. The van der Waals surface area contributed by atoms with Crippen molar-refractivity contribution in [2.75, 3.05) is 7.11 Å². The highest BCUT2D eigenvalue weighted by Crippen LogP contribution is 2.45. The topological polar surface area (TPSA) is 36.9 Å². The Labute approximate surface area is 125 Å². The van der Waals surface area contributed by atoms with E-state index in [4.69, 9.17) is 17.7 Å². The van der Waals surface area contributed by atoms with Crippen molar-refractivity contribution in [1.29, 1.82) is 0 Å². The molecular weight excluding hydrogens is 307 g/mol. The average molecular weight is 332 g/mol. The van der Waals surface area contributed by atoms with E-state index in [9.17, 15) is 0 Å². The lowest BCUT2D eigenvalue weighted by atomic mass is 10.3. The third kappa shape index (κ3) is 7.40. The van der Waals surface area contributed by atoms with Gasteiger partial charge in [-0.2, -0.15) is 0 Å². The maximum atomic E-state index is 6.04. The zero-order chi connectivity index (χ0) is 15.4. The lowest BCUT2D eigenvalue weighted by Crippen LogP contribution is -2.29. The molecule has 20 heavy (non-hydrogen) atoms. The van der Waals surface area contributed by atoms with E-state index in [1.165, 1.54) is 0 Å². The molecule has 0 unspecified atom stereocenters. The van der Waals surface area contributed by atoms with Gasteiger partial charge in [-0.15, -0.1) is 0 Å². The van der Waals surface area contributed by atoms with Crippen LogP contribution in [0.5, 0.6) is 11.5 Å². The van der Waals surface area contributed by atoms with Gasteiger partial charge in [-0.05, 0) is 63.5 Å². The Balaban J connectivity index is 2.76. The molecule has 0 heterocycles. The number of hydrogen-bond acceptors (Lipinski definition) is 4. The molecule has 0 spiro atoms. The molecule has 0 aliphatic rings. The van der Waals surface area contributed by atoms with Crippen LogP contribution < -0.4 is 9.26 Å². The molecule has 0 atom stereocenters. The fourth-order valence-corrected chi connectivity index (χ4v) is 5.88. The summed E-state index contributed by atoms with van der Waals surface area (Å²) in [5, 5.41) is 0. The maximum Gasteiger partial charge on any atom is 0.375 e. The molecule has 0 radical (unpaired) electrons. The van der Waals surface area contributed by atoms with Gasteiger partial charge >= 0.3 is 8.60 Å². The summed E-state index contributed by atoms with van der Waals surface area (Å²) < 4.78 is 23.1. The highest BCUT2D eigenvalue weighted by molar-refractivity contribution is 7.46. The first-order chi connectivity index (χ1) is 9.09. The van der Waals surface area contributed by atoms with Crippen LogP contribution in [0.1, 0.15) is 0 Å². The molecule has 114 valence electrons. The zero-order valence-corrected chi connectivity index (χ0v) is 16.3.